The Morgan fingerprint density at radius 1 is 1.15 bits per heavy atom. The molecule has 2 aromatic rings. The number of nitrogens with zero attached hydrogens (tertiary/aromatic N) is 1. The molecule has 2 rings (SSSR count). The Kier molecular flexibility index (Phi) is 4.32. The van der Waals surface area contributed by atoms with E-state index in [-0.39, 0.29) is 10.7 Å². The quantitative estimate of drug-likeness (QED) is 0.847. The first-order chi connectivity index (χ1) is 9.59. The van der Waals surface area contributed by atoms with E-state index in [0.29, 0.717) is 5.56 Å². The normalized spacial score (nSPS) is 11.7. The number of rotatable bonds is 4. The molecular formula is C14H11ClN2O3. The number of carbonyl (C=O) groups excluding carboxylic acids is 1. The van der Waals surface area contributed by atoms with Gasteiger partial charge >= 0.3 is 5.97 Å². The van der Waals surface area contributed by atoms with Gasteiger partial charge in [-0.15, -0.1) is 0 Å². The van der Waals surface area contributed by atoms with Crippen molar-refractivity contribution in [2.75, 3.05) is 0 Å². The molecule has 6 heteroatoms. The minimum absolute atomic E-state index is 0.0298. The van der Waals surface area contributed by atoms with Gasteiger partial charge in [0, 0.05) is 6.20 Å². The van der Waals surface area contributed by atoms with Crippen LogP contribution in [0.5, 0.6) is 0 Å². The lowest BCUT2D eigenvalue weighted by molar-refractivity contribution is -0.139. The van der Waals surface area contributed by atoms with Crippen molar-refractivity contribution in [3.05, 3.63) is 64.9 Å². The molecule has 1 aromatic carbocycles. The van der Waals surface area contributed by atoms with Crippen molar-refractivity contribution >= 4 is 23.5 Å². The minimum atomic E-state index is -1.15. The van der Waals surface area contributed by atoms with E-state index in [1.165, 1.54) is 12.3 Å². The summed E-state index contributed by atoms with van der Waals surface area (Å²) < 4.78 is 0. The van der Waals surface area contributed by atoms with Crippen molar-refractivity contribution in [2.24, 2.45) is 0 Å². The van der Waals surface area contributed by atoms with Gasteiger partial charge in [-0.3, -0.25) is 4.79 Å². The van der Waals surface area contributed by atoms with Crippen molar-refractivity contribution in [3.8, 4) is 0 Å². The first-order valence-electron chi connectivity index (χ1n) is 5.78. The first kappa shape index (κ1) is 14.0. The third-order valence-electron chi connectivity index (χ3n) is 2.66. The highest BCUT2D eigenvalue weighted by molar-refractivity contribution is 6.32. The van der Waals surface area contributed by atoms with E-state index < -0.39 is 17.9 Å². The average Bonchev–Trinajstić information content (AvgIpc) is 2.45. The van der Waals surface area contributed by atoms with E-state index in [2.05, 4.69) is 10.3 Å². The summed E-state index contributed by atoms with van der Waals surface area (Å²) in [4.78, 5) is 27.1. The highest BCUT2D eigenvalue weighted by Crippen LogP contribution is 2.16. The van der Waals surface area contributed by atoms with Crippen LogP contribution in [0.4, 0.5) is 0 Å². The Balaban J connectivity index is 2.24. The van der Waals surface area contributed by atoms with Crippen molar-refractivity contribution < 1.29 is 14.7 Å². The Morgan fingerprint density at radius 2 is 1.85 bits per heavy atom. The molecule has 1 amide bonds. The van der Waals surface area contributed by atoms with Gasteiger partial charge in [0.1, 0.15) is 5.15 Å². The number of halogens is 1. The van der Waals surface area contributed by atoms with Crippen molar-refractivity contribution in [1.29, 1.82) is 0 Å². The molecule has 0 bridgehead atoms. The number of carbonyl (C=O) groups is 2. The lowest BCUT2D eigenvalue weighted by Gasteiger charge is -2.15. The molecule has 20 heavy (non-hydrogen) atoms. The summed E-state index contributed by atoms with van der Waals surface area (Å²) in [5, 5.41) is 11.7. The van der Waals surface area contributed by atoms with Crippen LogP contribution in [0.15, 0.2) is 48.7 Å². The summed E-state index contributed by atoms with van der Waals surface area (Å²) in [7, 11) is 0. The van der Waals surface area contributed by atoms with E-state index in [1.54, 1.807) is 36.4 Å². The maximum atomic E-state index is 12.1. The second-order valence-corrected chi connectivity index (χ2v) is 4.36. The van der Waals surface area contributed by atoms with Crippen LogP contribution in [-0.2, 0) is 4.79 Å². The molecule has 102 valence electrons. The molecule has 0 saturated heterocycles. The molecule has 1 heterocycles. The van der Waals surface area contributed by atoms with E-state index in [9.17, 15) is 14.7 Å². The summed E-state index contributed by atoms with van der Waals surface area (Å²) >= 11 is 5.81. The van der Waals surface area contributed by atoms with Crippen LogP contribution in [-0.4, -0.2) is 22.0 Å². The smallest absolute Gasteiger partial charge is 0.330 e. The molecule has 0 saturated carbocycles. The van der Waals surface area contributed by atoms with Gasteiger partial charge in [0.05, 0.1) is 5.56 Å². The zero-order valence-electron chi connectivity index (χ0n) is 10.3. The van der Waals surface area contributed by atoms with Gasteiger partial charge in [0.2, 0.25) is 0 Å². The van der Waals surface area contributed by atoms with Crippen LogP contribution in [0, 0.1) is 0 Å². The van der Waals surface area contributed by atoms with Gasteiger partial charge < -0.3 is 10.4 Å². The number of nitrogens with one attached hydrogen (secondary N) is 1. The molecule has 0 fully saturated rings. The second-order valence-electron chi connectivity index (χ2n) is 4.00. The van der Waals surface area contributed by atoms with Crippen LogP contribution < -0.4 is 5.32 Å². The van der Waals surface area contributed by atoms with Gasteiger partial charge in [-0.2, -0.15) is 0 Å². The Labute approximate surface area is 120 Å². The van der Waals surface area contributed by atoms with Crippen molar-refractivity contribution in [3.63, 3.8) is 0 Å². The van der Waals surface area contributed by atoms with Gasteiger partial charge in [0.15, 0.2) is 6.04 Å². The van der Waals surface area contributed by atoms with Crippen molar-refractivity contribution in [2.45, 2.75) is 6.04 Å². The van der Waals surface area contributed by atoms with Crippen LogP contribution >= 0.6 is 11.6 Å². The number of benzene rings is 1. The molecule has 0 radical (unpaired) electrons. The molecule has 0 unspecified atom stereocenters. The van der Waals surface area contributed by atoms with E-state index in [4.69, 9.17) is 11.6 Å². The summed E-state index contributed by atoms with van der Waals surface area (Å²) in [5.41, 5.74) is 0.615. The SMILES string of the molecule is O=C(N[C@H](C(=O)O)c1ccccc1)c1cccnc1Cl. The highest BCUT2D eigenvalue weighted by atomic mass is 35.5. The number of hydrogen-bond acceptors (Lipinski definition) is 3. The number of amides is 1. The molecule has 0 aliphatic heterocycles. The third kappa shape index (κ3) is 3.13. The van der Waals surface area contributed by atoms with Crippen LogP contribution in [0.3, 0.4) is 0 Å². The molecular weight excluding hydrogens is 280 g/mol. The van der Waals surface area contributed by atoms with Gasteiger partial charge in [-0.05, 0) is 17.7 Å². The van der Waals surface area contributed by atoms with Gasteiger partial charge in [-0.25, -0.2) is 9.78 Å². The van der Waals surface area contributed by atoms with Gasteiger partial charge in [-0.1, -0.05) is 41.9 Å². The molecule has 5 nitrogen and oxygen atoms in total. The highest BCUT2D eigenvalue weighted by Gasteiger charge is 2.23. The van der Waals surface area contributed by atoms with Crippen LogP contribution in [0.2, 0.25) is 5.15 Å². The largest absolute Gasteiger partial charge is 0.479 e. The lowest BCUT2D eigenvalue weighted by Crippen LogP contribution is -2.33. The fourth-order valence-corrected chi connectivity index (χ4v) is 1.90. The molecule has 1 aromatic heterocycles. The fourth-order valence-electron chi connectivity index (χ4n) is 1.70. The predicted molar refractivity (Wildman–Crippen MR) is 73.5 cm³/mol. The van der Waals surface area contributed by atoms with Crippen LogP contribution in [0.25, 0.3) is 0 Å². The monoisotopic (exact) mass is 290 g/mol. The average molecular weight is 291 g/mol. The zero-order chi connectivity index (χ0) is 14.5. The maximum Gasteiger partial charge on any atom is 0.330 e. The van der Waals surface area contributed by atoms with Crippen LogP contribution in [0.1, 0.15) is 22.0 Å². The fraction of sp³-hybridized carbons (Fsp3) is 0.0714. The number of carboxylic acid groups (broad SMARTS) is 1. The number of pyridine rings is 1. The molecule has 0 aliphatic rings. The lowest BCUT2D eigenvalue weighted by atomic mass is 10.1. The molecule has 0 spiro atoms. The summed E-state index contributed by atoms with van der Waals surface area (Å²) in [6.45, 7) is 0. The Morgan fingerprint density at radius 3 is 2.45 bits per heavy atom. The number of hydrogen-bond donors (Lipinski definition) is 2. The minimum Gasteiger partial charge on any atom is -0.479 e. The first-order valence-corrected chi connectivity index (χ1v) is 6.16. The molecule has 0 aliphatic carbocycles. The number of carboxylic acids is 1. The standard InChI is InChI=1S/C14H11ClN2O3/c15-12-10(7-4-8-16-12)13(18)17-11(14(19)20)9-5-2-1-3-6-9/h1-8,11H,(H,17,18)(H,19,20)/t11-/m0/s1. The topological polar surface area (TPSA) is 79.3 Å². The molecule has 1 atom stereocenters. The number of aliphatic carboxylic acids is 1. The summed E-state index contributed by atoms with van der Waals surface area (Å²) in [5.74, 6) is -1.73. The second kappa shape index (κ2) is 6.16. The third-order valence-corrected chi connectivity index (χ3v) is 2.96. The Bertz CT molecular complexity index is 631. The summed E-state index contributed by atoms with van der Waals surface area (Å²) in [6.07, 6.45) is 1.45. The maximum absolute atomic E-state index is 12.1. The van der Waals surface area contributed by atoms with E-state index in [1.807, 2.05) is 0 Å². The number of aromatic nitrogens is 1. The van der Waals surface area contributed by atoms with E-state index in [0.717, 1.165) is 0 Å². The molecule has 2 N–H and O–H groups in total. The Hall–Kier alpha value is -2.40. The van der Waals surface area contributed by atoms with Crippen molar-refractivity contribution in [1.82, 2.24) is 10.3 Å². The zero-order valence-corrected chi connectivity index (χ0v) is 11.0. The van der Waals surface area contributed by atoms with E-state index >= 15 is 0 Å². The van der Waals surface area contributed by atoms with Gasteiger partial charge in [0.25, 0.3) is 5.91 Å². The summed E-state index contributed by atoms with van der Waals surface area (Å²) in [6, 6.07) is 10.3. The predicted octanol–water partition coefficient (Wildman–Crippen LogP) is 2.29.